The largest absolute Gasteiger partial charge is 0.434 e. The molecule has 0 unspecified atom stereocenters. The quantitative estimate of drug-likeness (QED) is 0.485. The van der Waals surface area contributed by atoms with Crippen molar-refractivity contribution >= 4 is 45.8 Å². The lowest BCUT2D eigenvalue weighted by Gasteiger charge is -2.14. The third-order valence-electron chi connectivity index (χ3n) is 4.61. The minimum atomic E-state index is -2.98. The lowest BCUT2D eigenvalue weighted by atomic mass is 10.0. The van der Waals surface area contributed by atoms with E-state index >= 15 is 0 Å². The Morgan fingerprint density at radius 3 is 2.52 bits per heavy atom. The number of fused-ring (bicyclic) bond motifs is 1. The number of hydrogen-bond donors (Lipinski definition) is 1. The fourth-order valence-electron chi connectivity index (χ4n) is 3.23. The van der Waals surface area contributed by atoms with Gasteiger partial charge in [0.2, 0.25) is 0 Å². The second-order valence-corrected chi connectivity index (χ2v) is 6.93. The number of hydrogen-bond acceptors (Lipinski definition) is 3. The van der Waals surface area contributed by atoms with Crippen LogP contribution in [-0.4, -0.2) is 17.6 Å². The molecule has 0 atom stereocenters. The van der Waals surface area contributed by atoms with Crippen molar-refractivity contribution in [1.29, 1.82) is 0 Å². The summed E-state index contributed by atoms with van der Waals surface area (Å²) in [5, 5.41) is 4.64. The minimum Gasteiger partial charge on any atom is -0.434 e. The molecule has 3 aromatic rings. The second kappa shape index (κ2) is 7.60. The van der Waals surface area contributed by atoms with E-state index in [4.69, 9.17) is 12.2 Å². The van der Waals surface area contributed by atoms with Crippen molar-refractivity contribution in [3.8, 4) is 5.75 Å². The van der Waals surface area contributed by atoms with Gasteiger partial charge in [0.1, 0.15) is 11.4 Å². The highest BCUT2D eigenvalue weighted by Gasteiger charge is 2.32. The highest BCUT2D eigenvalue weighted by atomic mass is 32.1. The van der Waals surface area contributed by atoms with Crippen molar-refractivity contribution in [2.75, 3.05) is 4.90 Å². The standard InChI is InChI=1S/C22H16F2N2O2S/c1-13-6-9-15(10-7-13)26-20(27)18(25-22(26)29)12-17-16-5-3-2-4-14(16)8-11-19(17)28-21(23)24/h2-12,21H,1H3,(H,25,29)/b18-12+. The van der Waals surface area contributed by atoms with Crippen LogP contribution < -0.4 is 15.0 Å². The van der Waals surface area contributed by atoms with Crippen LogP contribution in [0.2, 0.25) is 0 Å². The van der Waals surface area contributed by atoms with E-state index in [9.17, 15) is 13.6 Å². The van der Waals surface area contributed by atoms with Crippen molar-refractivity contribution in [3.05, 3.63) is 77.5 Å². The van der Waals surface area contributed by atoms with Crippen molar-refractivity contribution in [2.45, 2.75) is 13.5 Å². The van der Waals surface area contributed by atoms with Crippen LogP contribution in [0.1, 0.15) is 11.1 Å². The fourth-order valence-corrected chi connectivity index (χ4v) is 3.53. The molecule has 3 aromatic carbocycles. The molecule has 1 fully saturated rings. The first-order valence-corrected chi connectivity index (χ1v) is 9.25. The number of ether oxygens (including phenoxy) is 1. The molecular weight excluding hydrogens is 394 g/mol. The molecule has 7 heteroatoms. The van der Waals surface area contributed by atoms with E-state index in [1.807, 2.05) is 31.2 Å². The van der Waals surface area contributed by atoms with Crippen LogP contribution >= 0.6 is 12.2 Å². The topological polar surface area (TPSA) is 41.6 Å². The SMILES string of the molecule is Cc1ccc(N2C(=O)/C(=C\c3c(OC(F)F)ccc4ccccc34)NC2=S)cc1. The molecule has 1 aliphatic rings. The first kappa shape index (κ1) is 19.0. The molecular formula is C22H16F2N2O2S. The van der Waals surface area contributed by atoms with Crippen LogP contribution in [0.25, 0.3) is 16.8 Å². The summed E-state index contributed by atoms with van der Waals surface area (Å²) in [5.74, 6) is -0.379. The van der Waals surface area contributed by atoms with Crippen molar-refractivity contribution in [1.82, 2.24) is 5.32 Å². The van der Waals surface area contributed by atoms with Crippen LogP contribution in [0.5, 0.6) is 5.75 Å². The predicted octanol–water partition coefficient (Wildman–Crippen LogP) is 5.01. The van der Waals surface area contributed by atoms with Crippen LogP contribution in [0.3, 0.4) is 0 Å². The maximum atomic E-state index is 13.0. The van der Waals surface area contributed by atoms with E-state index in [2.05, 4.69) is 10.1 Å². The summed E-state index contributed by atoms with van der Waals surface area (Å²) in [6, 6.07) is 17.8. The number of rotatable bonds is 4. The lowest BCUT2D eigenvalue weighted by Crippen LogP contribution is -2.30. The lowest BCUT2D eigenvalue weighted by molar-refractivity contribution is -0.113. The first-order valence-electron chi connectivity index (χ1n) is 8.84. The molecule has 1 saturated heterocycles. The molecule has 1 amide bonds. The second-order valence-electron chi connectivity index (χ2n) is 6.54. The Morgan fingerprint density at radius 2 is 1.79 bits per heavy atom. The maximum Gasteiger partial charge on any atom is 0.387 e. The number of thiocarbonyl (C=S) groups is 1. The summed E-state index contributed by atoms with van der Waals surface area (Å²) in [6.07, 6.45) is 1.50. The van der Waals surface area contributed by atoms with Crippen molar-refractivity contribution < 1.29 is 18.3 Å². The van der Waals surface area contributed by atoms with Crippen LogP contribution in [-0.2, 0) is 4.79 Å². The Bertz CT molecular complexity index is 1140. The monoisotopic (exact) mass is 410 g/mol. The Kier molecular flexibility index (Phi) is 4.98. The van der Waals surface area contributed by atoms with E-state index in [1.165, 1.54) is 17.0 Å². The van der Waals surface area contributed by atoms with E-state index < -0.39 is 6.61 Å². The van der Waals surface area contributed by atoms with Gasteiger partial charge in [-0.05, 0) is 54.2 Å². The van der Waals surface area contributed by atoms with Crippen LogP contribution in [0, 0.1) is 6.92 Å². The molecule has 29 heavy (non-hydrogen) atoms. The summed E-state index contributed by atoms with van der Waals surface area (Å²) >= 11 is 5.33. The van der Waals surface area contributed by atoms with Gasteiger partial charge in [-0.2, -0.15) is 8.78 Å². The molecule has 0 aromatic heterocycles. The Hall–Kier alpha value is -3.32. The zero-order chi connectivity index (χ0) is 20.5. The Balaban J connectivity index is 1.80. The molecule has 4 rings (SSSR count). The average Bonchev–Trinajstić information content (AvgIpc) is 2.97. The third-order valence-corrected chi connectivity index (χ3v) is 4.89. The van der Waals surface area contributed by atoms with Crippen molar-refractivity contribution in [2.24, 2.45) is 0 Å². The zero-order valence-electron chi connectivity index (χ0n) is 15.4. The number of amides is 1. The van der Waals surface area contributed by atoms with E-state index in [1.54, 1.807) is 30.3 Å². The van der Waals surface area contributed by atoms with Gasteiger partial charge in [-0.15, -0.1) is 0 Å². The highest BCUT2D eigenvalue weighted by molar-refractivity contribution is 7.80. The average molecular weight is 410 g/mol. The summed E-state index contributed by atoms with van der Waals surface area (Å²) in [4.78, 5) is 14.4. The molecule has 4 nitrogen and oxygen atoms in total. The molecule has 1 heterocycles. The number of halogens is 2. The molecule has 146 valence electrons. The number of nitrogens with one attached hydrogen (secondary N) is 1. The van der Waals surface area contributed by atoms with Crippen LogP contribution in [0.4, 0.5) is 14.5 Å². The van der Waals surface area contributed by atoms with E-state index in [-0.39, 0.29) is 22.5 Å². The predicted molar refractivity (Wildman–Crippen MR) is 113 cm³/mol. The van der Waals surface area contributed by atoms with Gasteiger partial charge < -0.3 is 10.1 Å². The Morgan fingerprint density at radius 1 is 1.07 bits per heavy atom. The first-order chi connectivity index (χ1) is 13.9. The van der Waals surface area contributed by atoms with Crippen LogP contribution in [0.15, 0.2) is 66.4 Å². The summed E-state index contributed by atoms with van der Waals surface area (Å²) in [7, 11) is 0. The van der Waals surface area contributed by atoms with Gasteiger partial charge in [-0.1, -0.05) is 48.0 Å². The molecule has 0 radical (unpaired) electrons. The number of nitrogens with zero attached hydrogens (tertiary/aromatic N) is 1. The van der Waals surface area contributed by atoms with Gasteiger partial charge in [0, 0.05) is 5.56 Å². The van der Waals surface area contributed by atoms with Crippen molar-refractivity contribution in [3.63, 3.8) is 0 Å². The third kappa shape index (κ3) is 3.69. The summed E-state index contributed by atoms with van der Waals surface area (Å²) in [6.45, 7) is -1.03. The summed E-state index contributed by atoms with van der Waals surface area (Å²) < 4.78 is 30.5. The minimum absolute atomic E-state index is 0.0134. The smallest absolute Gasteiger partial charge is 0.387 e. The van der Waals surface area contributed by atoms with Gasteiger partial charge in [0.25, 0.3) is 5.91 Å². The normalized spacial score (nSPS) is 15.4. The van der Waals surface area contributed by atoms with E-state index in [0.717, 1.165) is 10.9 Å². The van der Waals surface area contributed by atoms with E-state index in [0.29, 0.717) is 16.6 Å². The van der Waals surface area contributed by atoms with Gasteiger partial charge in [-0.3, -0.25) is 9.69 Å². The Labute approximate surface area is 171 Å². The number of alkyl halides is 2. The molecule has 0 saturated carbocycles. The molecule has 1 aliphatic heterocycles. The maximum absolute atomic E-state index is 13.0. The van der Waals surface area contributed by atoms with Gasteiger partial charge in [0.05, 0.1) is 5.69 Å². The van der Waals surface area contributed by atoms with Gasteiger partial charge in [-0.25, -0.2) is 0 Å². The number of carbonyl (C=O) groups excluding carboxylic acids is 1. The molecule has 0 aliphatic carbocycles. The van der Waals surface area contributed by atoms with Gasteiger partial charge in [0.15, 0.2) is 5.11 Å². The number of aryl methyl sites for hydroxylation is 1. The number of anilines is 1. The summed E-state index contributed by atoms with van der Waals surface area (Å²) in [5.41, 5.74) is 2.25. The number of benzene rings is 3. The number of carbonyl (C=O) groups is 1. The molecule has 1 N–H and O–H groups in total. The zero-order valence-corrected chi connectivity index (χ0v) is 16.2. The fraction of sp³-hybridized carbons (Fsp3) is 0.0909. The molecule has 0 spiro atoms. The molecule has 0 bridgehead atoms. The highest BCUT2D eigenvalue weighted by Crippen LogP contribution is 2.32. The van der Waals surface area contributed by atoms with Gasteiger partial charge >= 0.3 is 6.61 Å².